The van der Waals surface area contributed by atoms with Crippen molar-refractivity contribution in [2.75, 3.05) is 20.3 Å². The molecule has 25 heavy (non-hydrogen) atoms. The maximum Gasteiger partial charge on any atom is 0.258 e. The van der Waals surface area contributed by atoms with E-state index in [1.54, 1.807) is 36.3 Å². The van der Waals surface area contributed by atoms with Crippen LogP contribution >= 0.6 is 0 Å². The molecule has 1 heterocycles. The zero-order valence-corrected chi connectivity index (χ0v) is 14.3. The second-order valence-electron chi connectivity index (χ2n) is 6.15. The van der Waals surface area contributed by atoms with Crippen LogP contribution < -0.4 is 4.74 Å². The van der Waals surface area contributed by atoms with Gasteiger partial charge in [-0.05, 0) is 42.7 Å². The van der Waals surface area contributed by atoms with Gasteiger partial charge in [0.25, 0.3) is 5.91 Å². The van der Waals surface area contributed by atoms with Crippen LogP contribution in [0.25, 0.3) is 0 Å². The molecule has 1 aliphatic heterocycles. The van der Waals surface area contributed by atoms with Gasteiger partial charge in [0.05, 0.1) is 18.8 Å². The van der Waals surface area contributed by atoms with E-state index in [0.29, 0.717) is 24.4 Å². The second-order valence-corrected chi connectivity index (χ2v) is 6.15. The van der Waals surface area contributed by atoms with Crippen molar-refractivity contribution in [1.29, 1.82) is 0 Å². The number of methoxy groups -OCH3 is 1. The Morgan fingerprint density at radius 3 is 2.68 bits per heavy atom. The molecule has 4 nitrogen and oxygen atoms in total. The van der Waals surface area contributed by atoms with Crippen LogP contribution in [0, 0.1) is 5.82 Å². The van der Waals surface area contributed by atoms with E-state index in [-0.39, 0.29) is 17.8 Å². The lowest BCUT2D eigenvalue weighted by molar-refractivity contribution is 0.0505. The fraction of sp³-hybridized carbons (Fsp3) is 0.350. The molecule has 1 fully saturated rings. The number of hydrogen-bond acceptors (Lipinski definition) is 3. The number of benzene rings is 2. The second kappa shape index (κ2) is 8.12. The van der Waals surface area contributed by atoms with Crippen LogP contribution in [0.4, 0.5) is 4.39 Å². The summed E-state index contributed by atoms with van der Waals surface area (Å²) in [7, 11) is 1.55. The van der Waals surface area contributed by atoms with Gasteiger partial charge in [-0.3, -0.25) is 4.79 Å². The molecule has 1 atom stereocenters. The maximum absolute atomic E-state index is 13.2. The summed E-state index contributed by atoms with van der Waals surface area (Å²) < 4.78 is 24.2. The molecule has 0 spiro atoms. The van der Waals surface area contributed by atoms with E-state index in [1.165, 1.54) is 12.1 Å². The summed E-state index contributed by atoms with van der Waals surface area (Å²) in [5.41, 5.74) is 1.40. The number of nitrogens with zero attached hydrogens (tertiary/aromatic N) is 1. The predicted molar refractivity (Wildman–Crippen MR) is 93.1 cm³/mol. The lowest BCUT2D eigenvalue weighted by Crippen LogP contribution is -2.37. The first kappa shape index (κ1) is 17.4. The van der Waals surface area contributed by atoms with Crippen molar-refractivity contribution >= 4 is 5.91 Å². The summed E-state index contributed by atoms with van der Waals surface area (Å²) in [4.78, 5) is 14.9. The largest absolute Gasteiger partial charge is 0.496 e. The summed E-state index contributed by atoms with van der Waals surface area (Å²) >= 11 is 0. The molecule has 3 rings (SSSR count). The van der Waals surface area contributed by atoms with Crippen LogP contribution in [-0.2, 0) is 11.3 Å². The molecule has 0 aliphatic carbocycles. The van der Waals surface area contributed by atoms with Crippen molar-refractivity contribution in [1.82, 2.24) is 4.90 Å². The lowest BCUT2D eigenvalue weighted by atomic mass is 10.1. The number of amides is 1. The fourth-order valence-electron chi connectivity index (χ4n) is 3.06. The van der Waals surface area contributed by atoms with Crippen molar-refractivity contribution in [3.8, 4) is 5.75 Å². The van der Waals surface area contributed by atoms with Crippen molar-refractivity contribution in [2.24, 2.45) is 0 Å². The van der Waals surface area contributed by atoms with Crippen LogP contribution in [0.5, 0.6) is 5.75 Å². The first-order valence-corrected chi connectivity index (χ1v) is 8.45. The number of para-hydroxylation sites is 1. The van der Waals surface area contributed by atoms with E-state index in [9.17, 15) is 9.18 Å². The molecule has 0 bridgehead atoms. The Bertz CT molecular complexity index is 711. The molecular formula is C20H22FNO3. The normalized spacial score (nSPS) is 16.6. The van der Waals surface area contributed by atoms with Crippen molar-refractivity contribution in [3.63, 3.8) is 0 Å². The minimum Gasteiger partial charge on any atom is -0.496 e. The highest BCUT2D eigenvalue weighted by Crippen LogP contribution is 2.22. The van der Waals surface area contributed by atoms with E-state index in [0.717, 1.165) is 25.0 Å². The molecule has 132 valence electrons. The number of halogens is 1. The Morgan fingerprint density at radius 1 is 1.24 bits per heavy atom. The van der Waals surface area contributed by atoms with Crippen LogP contribution in [0.2, 0.25) is 0 Å². The third kappa shape index (κ3) is 4.37. The topological polar surface area (TPSA) is 38.8 Å². The molecule has 5 heteroatoms. The van der Waals surface area contributed by atoms with E-state index in [2.05, 4.69) is 0 Å². The van der Waals surface area contributed by atoms with Gasteiger partial charge in [0.1, 0.15) is 11.6 Å². The van der Waals surface area contributed by atoms with Gasteiger partial charge in [-0.1, -0.05) is 24.3 Å². The molecule has 0 saturated carbocycles. The van der Waals surface area contributed by atoms with Crippen molar-refractivity contribution in [3.05, 3.63) is 65.5 Å². The molecule has 2 aromatic carbocycles. The van der Waals surface area contributed by atoms with Gasteiger partial charge >= 0.3 is 0 Å². The van der Waals surface area contributed by atoms with Crippen LogP contribution in [0.15, 0.2) is 48.5 Å². The van der Waals surface area contributed by atoms with E-state index >= 15 is 0 Å². The smallest absolute Gasteiger partial charge is 0.258 e. The highest BCUT2D eigenvalue weighted by atomic mass is 19.1. The SMILES string of the molecule is COc1ccccc1C(=O)N(Cc1ccc(F)cc1)CC1CCCO1. The van der Waals surface area contributed by atoms with Gasteiger partial charge in [0.15, 0.2) is 0 Å². The Morgan fingerprint density at radius 2 is 2.00 bits per heavy atom. The summed E-state index contributed by atoms with van der Waals surface area (Å²) in [6.07, 6.45) is 2.00. The number of carbonyl (C=O) groups is 1. The molecular weight excluding hydrogens is 321 g/mol. The third-order valence-corrected chi connectivity index (χ3v) is 4.36. The highest BCUT2D eigenvalue weighted by Gasteiger charge is 2.25. The highest BCUT2D eigenvalue weighted by molar-refractivity contribution is 5.97. The van der Waals surface area contributed by atoms with Crippen LogP contribution in [0.3, 0.4) is 0 Å². The fourth-order valence-corrected chi connectivity index (χ4v) is 3.06. The quantitative estimate of drug-likeness (QED) is 0.803. The number of ether oxygens (including phenoxy) is 2. The zero-order chi connectivity index (χ0) is 17.6. The number of rotatable bonds is 6. The molecule has 1 amide bonds. The number of hydrogen-bond donors (Lipinski definition) is 0. The Kier molecular flexibility index (Phi) is 5.66. The van der Waals surface area contributed by atoms with Crippen molar-refractivity contribution in [2.45, 2.75) is 25.5 Å². The minimum absolute atomic E-state index is 0.0408. The van der Waals surface area contributed by atoms with E-state index in [4.69, 9.17) is 9.47 Å². The van der Waals surface area contributed by atoms with Gasteiger partial charge in [0.2, 0.25) is 0 Å². The standard InChI is InChI=1S/C20H22FNO3/c1-24-19-7-3-2-6-18(19)20(23)22(14-17-5-4-12-25-17)13-15-8-10-16(21)11-9-15/h2-3,6-11,17H,4-5,12-14H2,1H3. The van der Waals surface area contributed by atoms with Crippen LogP contribution in [-0.4, -0.2) is 37.2 Å². The lowest BCUT2D eigenvalue weighted by Gasteiger charge is -2.26. The molecule has 1 unspecified atom stereocenters. The Labute approximate surface area is 147 Å². The summed E-state index contributed by atoms with van der Waals surface area (Å²) in [5, 5.41) is 0. The molecule has 2 aromatic rings. The third-order valence-electron chi connectivity index (χ3n) is 4.36. The first-order valence-electron chi connectivity index (χ1n) is 8.45. The zero-order valence-electron chi connectivity index (χ0n) is 14.3. The van der Waals surface area contributed by atoms with Gasteiger partial charge in [-0.15, -0.1) is 0 Å². The first-order chi connectivity index (χ1) is 12.2. The van der Waals surface area contributed by atoms with E-state index < -0.39 is 0 Å². The van der Waals surface area contributed by atoms with Gasteiger partial charge < -0.3 is 14.4 Å². The minimum atomic E-state index is -0.287. The predicted octanol–water partition coefficient (Wildman–Crippen LogP) is 3.66. The molecule has 1 saturated heterocycles. The average molecular weight is 343 g/mol. The van der Waals surface area contributed by atoms with Crippen molar-refractivity contribution < 1.29 is 18.7 Å². The maximum atomic E-state index is 13.2. The molecule has 1 aliphatic rings. The van der Waals surface area contributed by atoms with Crippen LogP contribution in [0.1, 0.15) is 28.8 Å². The summed E-state index contributed by atoms with van der Waals surface area (Å²) in [6, 6.07) is 13.4. The summed E-state index contributed by atoms with van der Waals surface area (Å²) in [5.74, 6) is 0.145. The van der Waals surface area contributed by atoms with Gasteiger partial charge in [0, 0.05) is 19.7 Å². The molecule has 0 N–H and O–H groups in total. The Hall–Kier alpha value is -2.40. The number of carbonyl (C=O) groups excluding carboxylic acids is 1. The van der Waals surface area contributed by atoms with Gasteiger partial charge in [-0.2, -0.15) is 0 Å². The van der Waals surface area contributed by atoms with Gasteiger partial charge in [-0.25, -0.2) is 4.39 Å². The Balaban J connectivity index is 1.83. The monoisotopic (exact) mass is 343 g/mol. The average Bonchev–Trinajstić information content (AvgIpc) is 3.15. The molecule has 0 radical (unpaired) electrons. The van der Waals surface area contributed by atoms with E-state index in [1.807, 2.05) is 12.1 Å². The molecule has 0 aromatic heterocycles. The summed E-state index contributed by atoms with van der Waals surface area (Å²) in [6.45, 7) is 1.64.